The van der Waals surface area contributed by atoms with E-state index in [2.05, 4.69) is 61.2 Å². The number of carbonyl (C=O) groups is 1. The van der Waals surface area contributed by atoms with Crippen molar-refractivity contribution in [3.8, 4) is 0 Å². The minimum Gasteiger partial charge on any atom is -0.350 e. The second kappa shape index (κ2) is 8.23. The third-order valence-corrected chi connectivity index (χ3v) is 6.13. The maximum atomic E-state index is 12.7. The van der Waals surface area contributed by atoms with Crippen molar-refractivity contribution in [2.45, 2.75) is 55.6 Å². The van der Waals surface area contributed by atoms with Crippen LogP contribution in [-0.4, -0.2) is 41.5 Å². The minimum absolute atomic E-state index is 0.0542. The predicted octanol–water partition coefficient (Wildman–Crippen LogP) is 4.06. The maximum absolute atomic E-state index is 12.7. The lowest BCUT2D eigenvalue weighted by Crippen LogP contribution is -2.41. The van der Waals surface area contributed by atoms with Gasteiger partial charge < -0.3 is 5.32 Å². The topological polar surface area (TPSA) is 45.2 Å². The van der Waals surface area contributed by atoms with Crippen LogP contribution in [0.25, 0.3) is 0 Å². The first kappa shape index (κ1) is 18.9. The number of benzene rings is 1. The Morgan fingerprint density at radius 2 is 2.12 bits per heavy atom. The predicted molar refractivity (Wildman–Crippen MR) is 107 cm³/mol. The van der Waals surface area contributed by atoms with E-state index >= 15 is 0 Å². The molecule has 1 saturated carbocycles. The molecule has 2 aromatic rings. The number of rotatable bonds is 7. The first-order valence-electron chi connectivity index (χ1n) is 9.16. The molecule has 1 fully saturated rings. The largest absolute Gasteiger partial charge is 0.350 e. The van der Waals surface area contributed by atoms with Crippen LogP contribution in [-0.2, 0) is 0 Å². The van der Waals surface area contributed by atoms with Gasteiger partial charge >= 0.3 is 0 Å². The summed E-state index contributed by atoms with van der Waals surface area (Å²) in [5.74, 6) is -0.0542. The summed E-state index contributed by atoms with van der Waals surface area (Å²) in [7, 11) is 2.14. The van der Waals surface area contributed by atoms with Crippen LogP contribution in [0.4, 0.5) is 0 Å². The second-order valence-corrected chi connectivity index (χ2v) is 8.21. The monoisotopic (exact) mass is 369 g/mol. The molecular weight excluding hydrogens is 342 g/mol. The van der Waals surface area contributed by atoms with Gasteiger partial charge in [0.2, 0.25) is 0 Å². The second-order valence-electron chi connectivity index (χ2n) is 7.18. The molecule has 1 aromatic carbocycles. The molecule has 138 valence electrons. The SMILES string of the molecule is Cc1ccc(Sc2ncccc2C(=O)NCC(C)N(C)C2CC2)c(C)c1. The van der Waals surface area contributed by atoms with Gasteiger partial charge in [0.25, 0.3) is 5.91 Å². The summed E-state index contributed by atoms with van der Waals surface area (Å²) >= 11 is 1.55. The molecule has 0 saturated heterocycles. The molecule has 0 aliphatic heterocycles. The van der Waals surface area contributed by atoms with E-state index in [9.17, 15) is 4.79 Å². The molecule has 1 amide bonds. The van der Waals surface area contributed by atoms with E-state index in [-0.39, 0.29) is 5.91 Å². The van der Waals surface area contributed by atoms with E-state index in [1.54, 1.807) is 18.0 Å². The number of aromatic nitrogens is 1. The van der Waals surface area contributed by atoms with Crippen LogP contribution < -0.4 is 5.32 Å². The molecule has 3 rings (SSSR count). The number of nitrogens with zero attached hydrogens (tertiary/aromatic N) is 2. The van der Waals surface area contributed by atoms with E-state index in [0.717, 1.165) is 9.92 Å². The normalized spacial score (nSPS) is 15.1. The molecule has 1 unspecified atom stereocenters. The minimum atomic E-state index is -0.0542. The Labute approximate surface area is 160 Å². The van der Waals surface area contributed by atoms with Gasteiger partial charge in [0.15, 0.2) is 0 Å². The first-order chi connectivity index (χ1) is 12.5. The Morgan fingerprint density at radius 3 is 2.81 bits per heavy atom. The number of pyridine rings is 1. The average Bonchev–Trinajstić information content (AvgIpc) is 3.46. The molecule has 0 bridgehead atoms. The van der Waals surface area contributed by atoms with Crippen molar-refractivity contribution in [2.75, 3.05) is 13.6 Å². The van der Waals surface area contributed by atoms with Crippen LogP contribution in [0.15, 0.2) is 46.5 Å². The van der Waals surface area contributed by atoms with Crippen molar-refractivity contribution in [3.05, 3.63) is 53.2 Å². The smallest absolute Gasteiger partial charge is 0.254 e. The van der Waals surface area contributed by atoms with E-state index in [0.29, 0.717) is 24.2 Å². The van der Waals surface area contributed by atoms with Gasteiger partial charge in [0.1, 0.15) is 5.03 Å². The molecule has 0 spiro atoms. The third kappa shape index (κ3) is 4.65. The molecule has 1 aliphatic carbocycles. The van der Waals surface area contributed by atoms with Gasteiger partial charge in [-0.05, 0) is 64.4 Å². The van der Waals surface area contributed by atoms with E-state index in [4.69, 9.17) is 0 Å². The molecule has 1 heterocycles. The highest BCUT2D eigenvalue weighted by molar-refractivity contribution is 7.99. The highest BCUT2D eigenvalue weighted by Gasteiger charge is 2.29. The van der Waals surface area contributed by atoms with Crippen molar-refractivity contribution in [1.29, 1.82) is 0 Å². The number of likely N-dealkylation sites (N-methyl/N-ethyl adjacent to an activating group) is 1. The van der Waals surface area contributed by atoms with Gasteiger partial charge in [-0.3, -0.25) is 9.69 Å². The Balaban J connectivity index is 1.68. The first-order valence-corrected chi connectivity index (χ1v) is 9.97. The summed E-state index contributed by atoms with van der Waals surface area (Å²) in [6.07, 6.45) is 4.29. The van der Waals surface area contributed by atoms with Gasteiger partial charge in [0, 0.05) is 29.7 Å². The lowest BCUT2D eigenvalue weighted by Gasteiger charge is -2.24. The Bertz CT molecular complexity index is 789. The molecule has 4 nitrogen and oxygen atoms in total. The number of hydrogen-bond donors (Lipinski definition) is 1. The van der Waals surface area contributed by atoms with Crippen molar-refractivity contribution in [3.63, 3.8) is 0 Å². The molecule has 26 heavy (non-hydrogen) atoms. The zero-order valence-corrected chi connectivity index (χ0v) is 16.8. The molecule has 1 aromatic heterocycles. The number of carbonyl (C=O) groups excluding carboxylic acids is 1. The maximum Gasteiger partial charge on any atom is 0.254 e. The molecule has 5 heteroatoms. The fourth-order valence-corrected chi connectivity index (χ4v) is 3.93. The average molecular weight is 370 g/mol. The molecular formula is C21H27N3OS. The van der Waals surface area contributed by atoms with Gasteiger partial charge in [-0.15, -0.1) is 0 Å². The number of nitrogens with one attached hydrogen (secondary N) is 1. The zero-order valence-electron chi connectivity index (χ0n) is 16.0. The number of hydrogen-bond acceptors (Lipinski definition) is 4. The van der Waals surface area contributed by atoms with Crippen molar-refractivity contribution in [1.82, 2.24) is 15.2 Å². The molecule has 1 N–H and O–H groups in total. The van der Waals surface area contributed by atoms with Crippen molar-refractivity contribution in [2.24, 2.45) is 0 Å². The number of amides is 1. The molecule has 0 radical (unpaired) electrons. The zero-order chi connectivity index (χ0) is 18.7. The fourth-order valence-electron chi connectivity index (χ4n) is 2.98. The molecule has 1 aliphatic rings. The summed E-state index contributed by atoms with van der Waals surface area (Å²) < 4.78 is 0. The summed E-state index contributed by atoms with van der Waals surface area (Å²) in [6.45, 7) is 6.98. The van der Waals surface area contributed by atoms with Crippen LogP contribution in [0.2, 0.25) is 0 Å². The van der Waals surface area contributed by atoms with Crippen LogP contribution in [0.3, 0.4) is 0 Å². The van der Waals surface area contributed by atoms with Crippen LogP contribution in [0, 0.1) is 13.8 Å². The number of aryl methyl sites for hydroxylation is 2. The highest BCUT2D eigenvalue weighted by atomic mass is 32.2. The summed E-state index contributed by atoms with van der Waals surface area (Å²) in [5.41, 5.74) is 3.07. The van der Waals surface area contributed by atoms with Crippen molar-refractivity contribution < 1.29 is 4.79 Å². The van der Waals surface area contributed by atoms with Gasteiger partial charge in [-0.2, -0.15) is 0 Å². The summed E-state index contributed by atoms with van der Waals surface area (Å²) in [6, 6.07) is 11.0. The lowest BCUT2D eigenvalue weighted by molar-refractivity contribution is 0.0936. The van der Waals surface area contributed by atoms with E-state index in [1.165, 1.54) is 24.0 Å². The van der Waals surface area contributed by atoms with E-state index in [1.807, 2.05) is 12.1 Å². The van der Waals surface area contributed by atoms with Crippen LogP contribution in [0.5, 0.6) is 0 Å². The quantitative estimate of drug-likeness (QED) is 0.799. The Morgan fingerprint density at radius 1 is 1.35 bits per heavy atom. The highest BCUT2D eigenvalue weighted by Crippen LogP contribution is 2.31. The van der Waals surface area contributed by atoms with Gasteiger partial charge in [0.05, 0.1) is 5.56 Å². The fraction of sp³-hybridized carbons (Fsp3) is 0.429. The van der Waals surface area contributed by atoms with Crippen molar-refractivity contribution >= 4 is 17.7 Å². The third-order valence-electron chi connectivity index (χ3n) is 4.93. The molecule has 1 atom stereocenters. The van der Waals surface area contributed by atoms with Crippen LogP contribution in [0.1, 0.15) is 41.3 Å². The lowest BCUT2D eigenvalue weighted by atomic mass is 10.2. The summed E-state index contributed by atoms with van der Waals surface area (Å²) in [4.78, 5) is 20.7. The van der Waals surface area contributed by atoms with Crippen LogP contribution >= 0.6 is 11.8 Å². The summed E-state index contributed by atoms with van der Waals surface area (Å²) in [5, 5.41) is 3.83. The van der Waals surface area contributed by atoms with Gasteiger partial charge in [-0.25, -0.2) is 4.98 Å². The van der Waals surface area contributed by atoms with Gasteiger partial charge in [-0.1, -0.05) is 29.5 Å². The standard InChI is InChI=1S/C21H27N3OS/c1-14-7-10-19(15(2)12-14)26-21-18(6-5-11-22-21)20(25)23-13-16(3)24(4)17-8-9-17/h5-7,10-12,16-17H,8-9,13H2,1-4H3,(H,23,25). The Kier molecular flexibility index (Phi) is 5.99. The Hall–Kier alpha value is -1.85. The van der Waals surface area contributed by atoms with E-state index < -0.39 is 0 Å².